The molecule has 1 amide bonds. The van der Waals surface area contributed by atoms with Gasteiger partial charge in [-0.1, -0.05) is 20.8 Å². The third kappa shape index (κ3) is 4.30. The first-order chi connectivity index (χ1) is 6.82. The van der Waals surface area contributed by atoms with Crippen molar-refractivity contribution in [3.8, 4) is 0 Å². The van der Waals surface area contributed by atoms with Crippen LogP contribution in [0.5, 0.6) is 0 Å². The normalized spacial score (nSPS) is 30.1. The van der Waals surface area contributed by atoms with E-state index in [1.54, 1.807) is 6.92 Å². The van der Waals surface area contributed by atoms with Gasteiger partial charge < -0.3 is 11.1 Å². The highest BCUT2D eigenvalue weighted by atomic mass is 35.5. The summed E-state index contributed by atoms with van der Waals surface area (Å²) in [5.74, 6) is 0.531. The lowest BCUT2D eigenvalue weighted by molar-refractivity contribution is -0.123. The Morgan fingerprint density at radius 2 is 2.06 bits per heavy atom. The van der Waals surface area contributed by atoms with Crippen LogP contribution in [0.25, 0.3) is 0 Å². The first-order valence-electron chi connectivity index (χ1n) is 5.88. The van der Waals surface area contributed by atoms with Gasteiger partial charge >= 0.3 is 0 Å². The van der Waals surface area contributed by atoms with Crippen LogP contribution in [0.2, 0.25) is 0 Å². The van der Waals surface area contributed by atoms with E-state index in [0.29, 0.717) is 17.4 Å². The number of amides is 1. The number of carbonyl (C=O) groups is 1. The average molecular weight is 249 g/mol. The third-order valence-corrected chi connectivity index (χ3v) is 3.43. The fourth-order valence-electron chi connectivity index (χ4n) is 2.48. The molecule has 96 valence electrons. The van der Waals surface area contributed by atoms with Crippen LogP contribution in [0.4, 0.5) is 0 Å². The van der Waals surface area contributed by atoms with Crippen molar-refractivity contribution in [2.24, 2.45) is 17.1 Å². The van der Waals surface area contributed by atoms with Crippen molar-refractivity contribution in [3.63, 3.8) is 0 Å². The highest BCUT2D eigenvalue weighted by molar-refractivity contribution is 5.85. The molecule has 3 atom stereocenters. The summed E-state index contributed by atoms with van der Waals surface area (Å²) in [6.45, 7) is 8.54. The van der Waals surface area contributed by atoms with Gasteiger partial charge in [-0.05, 0) is 37.5 Å². The van der Waals surface area contributed by atoms with Crippen LogP contribution in [-0.4, -0.2) is 18.0 Å². The van der Waals surface area contributed by atoms with Crippen LogP contribution in [-0.2, 0) is 4.79 Å². The lowest BCUT2D eigenvalue weighted by atomic mass is 9.70. The number of hydrogen-bond acceptors (Lipinski definition) is 2. The van der Waals surface area contributed by atoms with Gasteiger partial charge in [0.2, 0.25) is 5.91 Å². The highest BCUT2D eigenvalue weighted by Crippen LogP contribution is 2.38. The molecule has 0 aromatic carbocycles. The van der Waals surface area contributed by atoms with Gasteiger partial charge in [-0.3, -0.25) is 4.79 Å². The van der Waals surface area contributed by atoms with Crippen molar-refractivity contribution in [2.75, 3.05) is 0 Å². The molecule has 0 saturated heterocycles. The summed E-state index contributed by atoms with van der Waals surface area (Å²) in [7, 11) is 0. The maximum Gasteiger partial charge on any atom is 0.236 e. The second kappa shape index (κ2) is 5.87. The maximum absolute atomic E-state index is 11.5. The largest absolute Gasteiger partial charge is 0.352 e. The molecule has 0 aromatic heterocycles. The maximum atomic E-state index is 11.5. The number of halogens is 1. The lowest BCUT2D eigenvalue weighted by Gasteiger charge is -2.39. The molecule has 1 aliphatic rings. The van der Waals surface area contributed by atoms with E-state index in [4.69, 9.17) is 5.73 Å². The topological polar surface area (TPSA) is 55.1 Å². The van der Waals surface area contributed by atoms with Crippen LogP contribution < -0.4 is 11.1 Å². The number of carbonyl (C=O) groups excluding carboxylic acids is 1. The van der Waals surface area contributed by atoms with E-state index in [9.17, 15) is 4.79 Å². The Morgan fingerprint density at radius 1 is 1.50 bits per heavy atom. The summed E-state index contributed by atoms with van der Waals surface area (Å²) in [5.41, 5.74) is 5.97. The molecule has 0 spiro atoms. The fourth-order valence-corrected chi connectivity index (χ4v) is 2.48. The van der Waals surface area contributed by atoms with Crippen molar-refractivity contribution in [2.45, 2.75) is 59.0 Å². The van der Waals surface area contributed by atoms with E-state index < -0.39 is 6.04 Å². The Kier molecular flexibility index (Phi) is 5.77. The smallest absolute Gasteiger partial charge is 0.236 e. The van der Waals surface area contributed by atoms with Gasteiger partial charge in [0.25, 0.3) is 0 Å². The summed E-state index contributed by atoms with van der Waals surface area (Å²) < 4.78 is 0. The molecule has 16 heavy (non-hydrogen) atoms. The molecule has 0 aliphatic heterocycles. The standard InChI is InChI=1S/C12H24N2O.ClH/c1-8-7-12(3,4)6-5-10(8)14-11(15)9(2)13;/h8-10H,5-7,13H2,1-4H3,(H,14,15);1H. The van der Waals surface area contributed by atoms with Gasteiger partial charge in [-0.2, -0.15) is 0 Å². The van der Waals surface area contributed by atoms with Crippen LogP contribution in [0.3, 0.4) is 0 Å². The number of hydrogen-bond donors (Lipinski definition) is 2. The van der Waals surface area contributed by atoms with Crippen LogP contribution >= 0.6 is 12.4 Å². The molecule has 0 heterocycles. The van der Waals surface area contributed by atoms with Crippen molar-refractivity contribution in [1.29, 1.82) is 0 Å². The van der Waals surface area contributed by atoms with Gasteiger partial charge in [-0.25, -0.2) is 0 Å². The summed E-state index contributed by atoms with van der Waals surface area (Å²) in [6.07, 6.45) is 3.44. The third-order valence-electron chi connectivity index (χ3n) is 3.43. The van der Waals surface area contributed by atoms with E-state index in [2.05, 4.69) is 26.1 Å². The summed E-state index contributed by atoms with van der Waals surface area (Å²) >= 11 is 0. The molecule has 3 unspecified atom stereocenters. The summed E-state index contributed by atoms with van der Waals surface area (Å²) in [6, 6.07) is -0.0799. The zero-order chi connectivity index (χ0) is 11.6. The van der Waals surface area contributed by atoms with Crippen LogP contribution in [0.1, 0.15) is 47.0 Å². The minimum atomic E-state index is -0.396. The predicted octanol–water partition coefficient (Wildman–Crippen LogP) is 2.09. The first kappa shape index (κ1) is 15.7. The van der Waals surface area contributed by atoms with Gasteiger partial charge in [0, 0.05) is 6.04 Å². The SMILES string of the molecule is CC(N)C(=O)NC1CCC(C)(C)CC1C.Cl. The van der Waals surface area contributed by atoms with Gasteiger partial charge in [0.15, 0.2) is 0 Å². The molecule has 3 N–H and O–H groups in total. The van der Waals surface area contributed by atoms with Gasteiger partial charge in [0.05, 0.1) is 6.04 Å². The Hall–Kier alpha value is -0.280. The molecule has 4 heteroatoms. The van der Waals surface area contributed by atoms with E-state index in [-0.39, 0.29) is 18.3 Å². The van der Waals surface area contributed by atoms with Crippen molar-refractivity contribution >= 4 is 18.3 Å². The Bertz CT molecular complexity index is 241. The molecular formula is C12H25ClN2O. The monoisotopic (exact) mass is 248 g/mol. The zero-order valence-corrected chi connectivity index (χ0v) is 11.6. The van der Waals surface area contributed by atoms with E-state index in [1.807, 2.05) is 0 Å². The van der Waals surface area contributed by atoms with Gasteiger partial charge in [0.1, 0.15) is 0 Å². The summed E-state index contributed by atoms with van der Waals surface area (Å²) in [4.78, 5) is 11.5. The molecule has 1 aliphatic carbocycles. The average Bonchev–Trinajstić information content (AvgIpc) is 2.08. The quantitative estimate of drug-likeness (QED) is 0.786. The molecule has 0 bridgehead atoms. The van der Waals surface area contributed by atoms with E-state index in [0.717, 1.165) is 6.42 Å². The zero-order valence-electron chi connectivity index (χ0n) is 10.7. The molecule has 1 saturated carbocycles. The summed E-state index contributed by atoms with van der Waals surface area (Å²) in [5, 5.41) is 3.04. The lowest BCUT2D eigenvalue weighted by Crippen LogP contribution is -2.49. The second-order valence-electron chi connectivity index (χ2n) is 5.79. The van der Waals surface area contributed by atoms with Crippen molar-refractivity contribution in [3.05, 3.63) is 0 Å². The molecule has 0 aromatic rings. The molecule has 0 radical (unpaired) electrons. The number of nitrogens with two attached hydrogens (primary N) is 1. The highest BCUT2D eigenvalue weighted by Gasteiger charge is 2.33. The molecule has 1 fully saturated rings. The van der Waals surface area contributed by atoms with Crippen LogP contribution in [0.15, 0.2) is 0 Å². The minimum absolute atomic E-state index is 0. The molecule has 1 rings (SSSR count). The Labute approximate surface area is 105 Å². The van der Waals surface area contributed by atoms with E-state index >= 15 is 0 Å². The minimum Gasteiger partial charge on any atom is -0.352 e. The first-order valence-corrected chi connectivity index (χ1v) is 5.88. The van der Waals surface area contributed by atoms with Gasteiger partial charge in [-0.15, -0.1) is 12.4 Å². The van der Waals surface area contributed by atoms with Crippen molar-refractivity contribution in [1.82, 2.24) is 5.32 Å². The van der Waals surface area contributed by atoms with Crippen LogP contribution in [0, 0.1) is 11.3 Å². The second-order valence-corrected chi connectivity index (χ2v) is 5.79. The predicted molar refractivity (Wildman–Crippen MR) is 69.6 cm³/mol. The number of nitrogens with one attached hydrogen (secondary N) is 1. The number of rotatable bonds is 2. The Morgan fingerprint density at radius 3 is 2.50 bits per heavy atom. The fraction of sp³-hybridized carbons (Fsp3) is 0.917. The Balaban J connectivity index is 0.00000225. The van der Waals surface area contributed by atoms with E-state index in [1.165, 1.54) is 12.8 Å². The van der Waals surface area contributed by atoms with Crippen molar-refractivity contribution < 1.29 is 4.79 Å². The molecular weight excluding hydrogens is 224 g/mol. The molecule has 3 nitrogen and oxygen atoms in total.